The van der Waals surface area contributed by atoms with Gasteiger partial charge < -0.3 is 10.5 Å². The maximum atomic E-state index is 6.69. The van der Waals surface area contributed by atoms with Gasteiger partial charge in [-0.05, 0) is 82.4 Å². The molecular formula is C30H45NO. The molecular weight excluding hydrogens is 390 g/mol. The lowest BCUT2D eigenvalue weighted by atomic mass is 9.83. The Morgan fingerprint density at radius 2 is 1.97 bits per heavy atom. The summed E-state index contributed by atoms with van der Waals surface area (Å²) in [7, 11) is 0. The van der Waals surface area contributed by atoms with Crippen LogP contribution in [0.25, 0.3) is 0 Å². The second-order valence-electron chi connectivity index (χ2n) is 10.7. The fourth-order valence-electron chi connectivity index (χ4n) is 5.96. The number of hydrogen-bond acceptors (Lipinski definition) is 2. The van der Waals surface area contributed by atoms with E-state index in [2.05, 4.69) is 66.0 Å². The van der Waals surface area contributed by atoms with Crippen molar-refractivity contribution < 1.29 is 4.74 Å². The van der Waals surface area contributed by atoms with Crippen molar-refractivity contribution in [2.45, 2.75) is 104 Å². The molecule has 4 unspecified atom stereocenters. The SMILES string of the molecule is C=C(CC(N)C1(C(=C)C)CC1C)Oc1cc(CCCCC)cc(C)c1C1C=C(C)CCC1. The zero-order chi connectivity index (χ0) is 23.5. The first-order valence-electron chi connectivity index (χ1n) is 12.8. The molecule has 0 heterocycles. The molecule has 0 aromatic heterocycles. The number of allylic oxidation sites excluding steroid dienone is 2. The van der Waals surface area contributed by atoms with Crippen LogP contribution in [0, 0.1) is 18.3 Å². The van der Waals surface area contributed by atoms with Gasteiger partial charge in [-0.3, -0.25) is 0 Å². The molecule has 2 N–H and O–H groups in total. The van der Waals surface area contributed by atoms with E-state index in [4.69, 9.17) is 10.5 Å². The highest BCUT2D eigenvalue weighted by molar-refractivity contribution is 5.48. The van der Waals surface area contributed by atoms with Gasteiger partial charge in [0.2, 0.25) is 0 Å². The van der Waals surface area contributed by atoms with E-state index in [-0.39, 0.29) is 11.5 Å². The lowest BCUT2D eigenvalue weighted by molar-refractivity contribution is 0.344. The van der Waals surface area contributed by atoms with Gasteiger partial charge in [0.1, 0.15) is 5.75 Å². The fourth-order valence-corrected chi connectivity index (χ4v) is 5.96. The van der Waals surface area contributed by atoms with E-state index in [0.717, 1.165) is 24.4 Å². The van der Waals surface area contributed by atoms with Gasteiger partial charge in [0, 0.05) is 29.4 Å². The number of ether oxygens (including phenoxy) is 1. The minimum atomic E-state index is 0.0107. The first kappa shape index (κ1) is 24.8. The van der Waals surface area contributed by atoms with Crippen molar-refractivity contribution in [1.29, 1.82) is 0 Å². The van der Waals surface area contributed by atoms with Crippen LogP contribution >= 0.6 is 0 Å². The van der Waals surface area contributed by atoms with Crippen LogP contribution in [0.5, 0.6) is 5.75 Å². The van der Waals surface area contributed by atoms with Crippen LogP contribution < -0.4 is 10.5 Å². The molecule has 2 heteroatoms. The van der Waals surface area contributed by atoms with Gasteiger partial charge in [0.25, 0.3) is 0 Å². The predicted octanol–water partition coefficient (Wildman–Crippen LogP) is 8.15. The molecule has 0 bridgehead atoms. The molecule has 1 aromatic carbocycles. The van der Waals surface area contributed by atoms with Crippen LogP contribution in [0.15, 0.2) is 48.3 Å². The highest BCUT2D eigenvalue weighted by Gasteiger charge is 2.55. The number of hydrogen-bond donors (Lipinski definition) is 1. The molecule has 0 spiro atoms. The van der Waals surface area contributed by atoms with E-state index in [1.165, 1.54) is 66.4 Å². The molecule has 176 valence electrons. The zero-order valence-corrected chi connectivity index (χ0v) is 21.2. The van der Waals surface area contributed by atoms with Gasteiger partial charge >= 0.3 is 0 Å². The highest BCUT2D eigenvalue weighted by Crippen LogP contribution is 2.59. The quantitative estimate of drug-likeness (QED) is 0.216. The molecule has 3 rings (SSSR count). The summed E-state index contributed by atoms with van der Waals surface area (Å²) in [5, 5.41) is 0. The smallest absolute Gasteiger partial charge is 0.131 e. The molecule has 4 atom stereocenters. The first-order chi connectivity index (χ1) is 15.2. The van der Waals surface area contributed by atoms with Crippen molar-refractivity contribution in [1.82, 2.24) is 0 Å². The Morgan fingerprint density at radius 3 is 2.56 bits per heavy atom. The summed E-state index contributed by atoms with van der Waals surface area (Å²) in [6.45, 7) is 19.7. The zero-order valence-electron chi connectivity index (χ0n) is 21.2. The third kappa shape index (κ3) is 5.39. The molecule has 0 radical (unpaired) electrons. The van der Waals surface area contributed by atoms with Crippen LogP contribution in [0.2, 0.25) is 0 Å². The van der Waals surface area contributed by atoms with E-state index >= 15 is 0 Å². The largest absolute Gasteiger partial charge is 0.462 e. The average Bonchev–Trinajstić information content (AvgIpc) is 3.40. The Balaban J connectivity index is 1.84. The molecule has 0 saturated heterocycles. The van der Waals surface area contributed by atoms with Crippen molar-refractivity contribution in [3.8, 4) is 5.75 Å². The van der Waals surface area contributed by atoms with Crippen LogP contribution in [0.1, 0.15) is 102 Å². The summed E-state index contributed by atoms with van der Waals surface area (Å²) in [6.07, 6.45) is 12.7. The van der Waals surface area contributed by atoms with Crippen molar-refractivity contribution in [3.63, 3.8) is 0 Å². The third-order valence-corrected chi connectivity index (χ3v) is 7.94. The van der Waals surface area contributed by atoms with Crippen LogP contribution in [-0.2, 0) is 6.42 Å². The van der Waals surface area contributed by atoms with Gasteiger partial charge in [-0.25, -0.2) is 0 Å². The summed E-state index contributed by atoms with van der Waals surface area (Å²) < 4.78 is 6.54. The second kappa shape index (κ2) is 10.4. The molecule has 1 aromatic rings. The topological polar surface area (TPSA) is 35.2 Å². The first-order valence-corrected chi connectivity index (χ1v) is 12.8. The standard InChI is InChI=1S/C30H45NO/c1-8-9-10-13-25-16-22(5)29(26-14-11-12-21(4)15-26)27(18-25)32-24(7)17-28(31)30(20(2)3)19-23(30)6/h15-16,18,23,26,28H,2,7-14,17,19,31H2,1,3-6H3. The minimum Gasteiger partial charge on any atom is -0.462 e. The molecule has 32 heavy (non-hydrogen) atoms. The molecule has 0 aliphatic heterocycles. The fraction of sp³-hybridized carbons (Fsp3) is 0.600. The van der Waals surface area contributed by atoms with Crippen molar-refractivity contribution in [2.24, 2.45) is 17.1 Å². The molecule has 1 saturated carbocycles. The highest BCUT2D eigenvalue weighted by atomic mass is 16.5. The van der Waals surface area contributed by atoms with Gasteiger partial charge in [0.05, 0.1) is 5.76 Å². The average molecular weight is 436 g/mol. The number of nitrogens with two attached hydrogens (primary N) is 1. The van der Waals surface area contributed by atoms with E-state index in [1.807, 2.05) is 0 Å². The Morgan fingerprint density at radius 1 is 1.25 bits per heavy atom. The summed E-state index contributed by atoms with van der Waals surface area (Å²) in [6, 6.07) is 4.67. The van der Waals surface area contributed by atoms with E-state index < -0.39 is 0 Å². The second-order valence-corrected chi connectivity index (χ2v) is 10.7. The Hall–Kier alpha value is -1.80. The molecule has 2 aliphatic rings. The van der Waals surface area contributed by atoms with E-state index in [1.54, 1.807) is 0 Å². The summed E-state index contributed by atoms with van der Waals surface area (Å²) >= 11 is 0. The van der Waals surface area contributed by atoms with Crippen molar-refractivity contribution in [3.05, 3.63) is 65.0 Å². The predicted molar refractivity (Wildman–Crippen MR) is 138 cm³/mol. The normalized spacial score (nSPS) is 25.8. The monoisotopic (exact) mass is 435 g/mol. The van der Waals surface area contributed by atoms with E-state index in [9.17, 15) is 0 Å². The number of aryl methyl sites for hydroxylation is 2. The van der Waals surface area contributed by atoms with Gasteiger partial charge in [-0.15, -0.1) is 0 Å². The summed E-state index contributed by atoms with van der Waals surface area (Å²) in [5.74, 6) is 2.80. The molecule has 1 fully saturated rings. The lowest BCUT2D eigenvalue weighted by Gasteiger charge is -2.28. The van der Waals surface area contributed by atoms with Crippen molar-refractivity contribution >= 4 is 0 Å². The Kier molecular flexibility index (Phi) is 8.09. The minimum absolute atomic E-state index is 0.0107. The number of benzene rings is 1. The number of rotatable bonds is 11. The maximum absolute atomic E-state index is 6.69. The van der Waals surface area contributed by atoms with Crippen LogP contribution in [0.4, 0.5) is 0 Å². The maximum Gasteiger partial charge on any atom is 0.131 e. The third-order valence-electron chi connectivity index (χ3n) is 7.94. The van der Waals surface area contributed by atoms with Crippen LogP contribution in [-0.4, -0.2) is 6.04 Å². The molecule has 0 amide bonds. The van der Waals surface area contributed by atoms with E-state index in [0.29, 0.717) is 18.3 Å². The summed E-state index contributed by atoms with van der Waals surface area (Å²) in [4.78, 5) is 0. The van der Waals surface area contributed by atoms with Crippen LogP contribution in [0.3, 0.4) is 0 Å². The Labute approximate surface area is 197 Å². The number of unbranched alkanes of at least 4 members (excludes halogenated alkanes) is 2. The van der Waals surface area contributed by atoms with Crippen molar-refractivity contribution in [2.75, 3.05) is 0 Å². The molecule has 2 aliphatic carbocycles. The molecule has 2 nitrogen and oxygen atoms in total. The summed E-state index contributed by atoms with van der Waals surface area (Å²) in [5.41, 5.74) is 13.5. The Bertz CT molecular complexity index is 879. The lowest BCUT2D eigenvalue weighted by Crippen LogP contribution is -2.34. The van der Waals surface area contributed by atoms with Gasteiger partial charge in [-0.1, -0.05) is 63.1 Å². The van der Waals surface area contributed by atoms with Gasteiger partial charge in [0.15, 0.2) is 0 Å². The van der Waals surface area contributed by atoms with Gasteiger partial charge in [-0.2, -0.15) is 0 Å².